The van der Waals surface area contributed by atoms with Gasteiger partial charge in [0, 0.05) is 6.54 Å². The molecule has 4 atom stereocenters. The first kappa shape index (κ1) is 15.3. The van der Waals surface area contributed by atoms with Crippen LogP contribution in [0.5, 0.6) is 5.75 Å². The van der Waals surface area contributed by atoms with Crippen molar-refractivity contribution in [1.82, 2.24) is 5.32 Å². The highest BCUT2D eigenvalue weighted by atomic mass is 19.1. The van der Waals surface area contributed by atoms with Crippen LogP contribution in [-0.4, -0.2) is 32.3 Å². The third-order valence-corrected chi connectivity index (χ3v) is 5.30. The zero-order chi connectivity index (χ0) is 15.7. The molecule has 1 saturated heterocycles. The Balaban J connectivity index is 1.81. The zero-order valence-electron chi connectivity index (χ0n) is 12.8. The summed E-state index contributed by atoms with van der Waals surface area (Å²) in [6.45, 7) is 1.19. The fourth-order valence-electron chi connectivity index (χ4n) is 3.95. The van der Waals surface area contributed by atoms with Gasteiger partial charge in [-0.15, -0.1) is 0 Å². The van der Waals surface area contributed by atoms with Crippen LogP contribution in [0.3, 0.4) is 0 Å². The number of benzene rings is 1. The second-order valence-corrected chi connectivity index (χ2v) is 6.49. The van der Waals surface area contributed by atoms with Crippen LogP contribution in [0, 0.1) is 17.3 Å². The van der Waals surface area contributed by atoms with Crippen molar-refractivity contribution >= 4 is 5.91 Å². The number of hydrogen-bond donors (Lipinski definition) is 2. The van der Waals surface area contributed by atoms with Crippen LogP contribution in [0.15, 0.2) is 24.3 Å². The lowest BCUT2D eigenvalue weighted by Gasteiger charge is -2.29. The Kier molecular flexibility index (Phi) is 4.08. The van der Waals surface area contributed by atoms with Crippen molar-refractivity contribution in [3.8, 4) is 5.75 Å². The molecule has 0 radical (unpaired) electrons. The van der Waals surface area contributed by atoms with Gasteiger partial charge in [0.1, 0.15) is 11.9 Å². The molecule has 0 bridgehead atoms. The maximum atomic E-state index is 14.2. The second kappa shape index (κ2) is 5.88. The lowest BCUT2D eigenvalue weighted by molar-refractivity contribution is -0.124. The number of methoxy groups -OCH3 is 1. The molecule has 4 nitrogen and oxygen atoms in total. The molecule has 0 aromatic heterocycles. The molecule has 1 aromatic rings. The van der Waals surface area contributed by atoms with Gasteiger partial charge in [-0.3, -0.25) is 4.79 Å². The molecule has 1 aliphatic heterocycles. The summed E-state index contributed by atoms with van der Waals surface area (Å²) in [5, 5.41) is 3.06. The largest absolute Gasteiger partial charge is 0.496 e. The Hall–Kier alpha value is -1.62. The van der Waals surface area contributed by atoms with E-state index in [9.17, 15) is 9.18 Å². The number of para-hydroxylation sites is 1. The predicted octanol–water partition coefficient (Wildman–Crippen LogP) is 1.68. The van der Waals surface area contributed by atoms with E-state index in [1.807, 2.05) is 24.3 Å². The summed E-state index contributed by atoms with van der Waals surface area (Å²) in [6.07, 6.45) is 1.10. The van der Waals surface area contributed by atoms with Crippen molar-refractivity contribution in [3.63, 3.8) is 0 Å². The normalized spacial score (nSPS) is 34.2. The van der Waals surface area contributed by atoms with Gasteiger partial charge in [0.15, 0.2) is 0 Å². The molecule has 3 rings (SSSR count). The highest BCUT2D eigenvalue weighted by Gasteiger charge is 2.62. The summed E-state index contributed by atoms with van der Waals surface area (Å²) in [5.74, 6) is 0.431. The van der Waals surface area contributed by atoms with Crippen LogP contribution in [0.2, 0.25) is 0 Å². The SMILES string of the molecule is COc1ccccc1CC1(C(N)=O)CC1[C@@H]1CCNC[C@H]1F. The van der Waals surface area contributed by atoms with Crippen LogP contribution in [0.1, 0.15) is 18.4 Å². The minimum absolute atomic E-state index is 0.0482. The van der Waals surface area contributed by atoms with Gasteiger partial charge >= 0.3 is 0 Å². The smallest absolute Gasteiger partial charge is 0.224 e. The lowest BCUT2D eigenvalue weighted by atomic mass is 9.83. The van der Waals surface area contributed by atoms with Crippen LogP contribution >= 0.6 is 0 Å². The van der Waals surface area contributed by atoms with E-state index >= 15 is 0 Å². The van der Waals surface area contributed by atoms with Crippen molar-refractivity contribution in [1.29, 1.82) is 0 Å². The number of nitrogens with two attached hydrogens (primary N) is 1. The number of amides is 1. The van der Waals surface area contributed by atoms with Gasteiger partial charge in [0.05, 0.1) is 12.5 Å². The molecule has 1 heterocycles. The van der Waals surface area contributed by atoms with E-state index in [1.165, 1.54) is 0 Å². The first-order valence-electron chi connectivity index (χ1n) is 7.85. The molecule has 3 N–H and O–H groups in total. The quantitative estimate of drug-likeness (QED) is 0.870. The summed E-state index contributed by atoms with van der Waals surface area (Å²) in [7, 11) is 1.62. The van der Waals surface area contributed by atoms with E-state index in [1.54, 1.807) is 7.11 Å². The van der Waals surface area contributed by atoms with Gasteiger partial charge in [-0.05, 0) is 49.3 Å². The molecule has 2 aliphatic rings. The number of carbonyl (C=O) groups excluding carboxylic acids is 1. The maximum absolute atomic E-state index is 14.2. The first-order valence-corrected chi connectivity index (χ1v) is 7.85. The monoisotopic (exact) mass is 306 g/mol. The summed E-state index contributed by atoms with van der Waals surface area (Å²) in [6, 6.07) is 7.65. The Morgan fingerprint density at radius 3 is 2.95 bits per heavy atom. The average molecular weight is 306 g/mol. The molecule has 1 aromatic carbocycles. The minimum Gasteiger partial charge on any atom is -0.496 e. The van der Waals surface area contributed by atoms with Gasteiger partial charge in [0.2, 0.25) is 5.91 Å². The molecule has 1 amide bonds. The lowest BCUT2D eigenvalue weighted by Crippen LogP contribution is -2.41. The number of piperidine rings is 1. The van der Waals surface area contributed by atoms with Crippen molar-refractivity contribution in [2.75, 3.05) is 20.2 Å². The number of alkyl halides is 1. The van der Waals surface area contributed by atoms with E-state index in [0.717, 1.165) is 24.3 Å². The first-order chi connectivity index (χ1) is 10.6. The van der Waals surface area contributed by atoms with Crippen molar-refractivity contribution in [3.05, 3.63) is 29.8 Å². The Morgan fingerprint density at radius 1 is 1.50 bits per heavy atom. The third-order valence-electron chi connectivity index (χ3n) is 5.30. The van der Waals surface area contributed by atoms with Gasteiger partial charge in [-0.1, -0.05) is 18.2 Å². The Labute approximate surface area is 130 Å². The summed E-state index contributed by atoms with van der Waals surface area (Å²) >= 11 is 0. The van der Waals surface area contributed by atoms with Crippen molar-refractivity contribution < 1.29 is 13.9 Å². The Bertz CT molecular complexity index is 565. The van der Waals surface area contributed by atoms with E-state index in [2.05, 4.69) is 5.32 Å². The number of rotatable bonds is 5. The topological polar surface area (TPSA) is 64.3 Å². The number of nitrogens with one attached hydrogen (secondary N) is 1. The minimum atomic E-state index is -0.891. The Morgan fingerprint density at radius 2 is 2.27 bits per heavy atom. The van der Waals surface area contributed by atoms with Crippen LogP contribution in [0.25, 0.3) is 0 Å². The fourth-order valence-corrected chi connectivity index (χ4v) is 3.95. The van der Waals surface area contributed by atoms with Crippen LogP contribution in [-0.2, 0) is 11.2 Å². The van der Waals surface area contributed by atoms with Crippen molar-refractivity contribution in [2.45, 2.75) is 25.4 Å². The standard InChI is InChI=1S/C17H23FN2O2/c1-22-15-5-3-2-4-11(15)8-17(16(19)21)9-13(17)12-6-7-20-10-14(12)18/h2-5,12-14,20H,6-10H2,1H3,(H2,19,21)/t12-,13?,14+,17?/m0/s1. The highest BCUT2D eigenvalue weighted by molar-refractivity contribution is 5.85. The van der Waals surface area contributed by atoms with E-state index in [-0.39, 0.29) is 17.7 Å². The molecule has 5 heteroatoms. The third kappa shape index (κ3) is 2.58. The molecular formula is C17H23FN2O2. The van der Waals surface area contributed by atoms with Gasteiger partial charge < -0.3 is 15.8 Å². The van der Waals surface area contributed by atoms with Gasteiger partial charge in [-0.2, -0.15) is 0 Å². The summed E-state index contributed by atoms with van der Waals surface area (Å²) in [5.41, 5.74) is 6.05. The molecule has 0 spiro atoms. The maximum Gasteiger partial charge on any atom is 0.224 e. The zero-order valence-corrected chi connectivity index (χ0v) is 12.8. The van der Waals surface area contributed by atoms with E-state index < -0.39 is 11.6 Å². The molecule has 120 valence electrons. The summed E-state index contributed by atoms with van der Waals surface area (Å²) < 4.78 is 19.6. The number of carbonyl (C=O) groups is 1. The van der Waals surface area contributed by atoms with Crippen LogP contribution < -0.4 is 15.8 Å². The van der Waals surface area contributed by atoms with E-state index in [4.69, 9.17) is 10.5 Å². The summed E-state index contributed by atoms with van der Waals surface area (Å²) in [4.78, 5) is 12.1. The average Bonchev–Trinajstić information content (AvgIpc) is 3.24. The van der Waals surface area contributed by atoms with Gasteiger partial charge in [0.25, 0.3) is 0 Å². The molecule has 1 saturated carbocycles. The predicted molar refractivity (Wildman–Crippen MR) is 82.3 cm³/mol. The second-order valence-electron chi connectivity index (χ2n) is 6.49. The molecule has 22 heavy (non-hydrogen) atoms. The van der Waals surface area contributed by atoms with E-state index in [0.29, 0.717) is 19.4 Å². The van der Waals surface area contributed by atoms with Crippen molar-refractivity contribution in [2.24, 2.45) is 23.0 Å². The van der Waals surface area contributed by atoms with Gasteiger partial charge in [-0.25, -0.2) is 4.39 Å². The number of halogens is 1. The molecular weight excluding hydrogens is 283 g/mol. The van der Waals surface area contributed by atoms with Crippen LogP contribution in [0.4, 0.5) is 4.39 Å². The fraction of sp³-hybridized carbons (Fsp3) is 0.588. The highest BCUT2D eigenvalue weighted by Crippen LogP contribution is 2.60. The number of primary amides is 1. The molecule has 2 unspecified atom stereocenters. The molecule has 1 aliphatic carbocycles. The number of hydrogen-bond acceptors (Lipinski definition) is 3. The molecule has 2 fully saturated rings. The number of ether oxygens (including phenoxy) is 1.